The largest absolute Gasteiger partial charge is 0.494 e. The molecular weight excluding hydrogens is 1670 g/mol. The Hall–Kier alpha value is -16.6. The first-order valence-electron chi connectivity index (χ1n) is 44.5. The van der Waals surface area contributed by atoms with Crippen molar-refractivity contribution in [1.82, 2.24) is 59.8 Å². The second-order valence-corrected chi connectivity index (χ2v) is 34.8. The number of rotatable bonds is 12. The van der Waals surface area contributed by atoms with Gasteiger partial charge in [0.25, 0.3) is 0 Å². The van der Waals surface area contributed by atoms with E-state index in [0.29, 0.717) is 29.1 Å². The van der Waals surface area contributed by atoms with Gasteiger partial charge in [-0.3, -0.25) is 19.9 Å². The molecule has 0 saturated carbocycles. The van der Waals surface area contributed by atoms with Crippen LogP contribution in [0.4, 0.5) is 0 Å². The fourth-order valence-electron chi connectivity index (χ4n) is 19.1. The molecule has 18 heteroatoms. The first-order valence-corrected chi connectivity index (χ1v) is 44.9. The third kappa shape index (κ3) is 14.5. The van der Waals surface area contributed by atoms with E-state index in [0.717, 1.165) is 146 Å². The van der Waals surface area contributed by atoms with Crippen LogP contribution in [0.3, 0.4) is 0 Å². The zero-order chi connectivity index (χ0) is 90.1. The molecule has 0 atom stereocenters. The van der Waals surface area contributed by atoms with Crippen LogP contribution in [0.1, 0.15) is 72.2 Å². The number of aromatic nitrogens is 12. The molecule has 134 heavy (non-hydrogen) atoms. The fourth-order valence-corrected chi connectivity index (χ4v) is 19.3. The smallest absolute Gasteiger partial charge is 0.457 e. The molecule has 11 heterocycles. The number of hydrogen-bond acceptors (Lipinski definition) is 16. The van der Waals surface area contributed by atoms with E-state index in [-0.39, 0.29) is 5.28 Å². The average Bonchev–Trinajstić information content (AvgIpc) is 1.50. The molecule has 3 aliphatic heterocycles. The van der Waals surface area contributed by atoms with Crippen molar-refractivity contribution in [2.24, 2.45) is 0 Å². The fraction of sp³-hybridized carbons (Fsp3) is 0.0690. The Labute approximate surface area is 780 Å². The van der Waals surface area contributed by atoms with Crippen LogP contribution in [0.15, 0.2) is 413 Å². The summed E-state index contributed by atoms with van der Waals surface area (Å²) in [5, 5.41) is 0.202. The van der Waals surface area contributed by atoms with E-state index < -0.39 is 29.2 Å². The number of nitrogens with zero attached hydrogens (tertiary/aromatic N) is 12. The minimum absolute atomic E-state index is 0.202. The summed E-state index contributed by atoms with van der Waals surface area (Å²) in [6.07, 6.45) is 7.20. The molecule has 1 fully saturated rings. The highest BCUT2D eigenvalue weighted by Gasteiger charge is 2.56. The molecule has 0 N–H and O–H groups in total. The first kappa shape index (κ1) is 81.9. The standard InChI is InChI=1S/C55H34N6O.C46H36BN3O3.C15H10ClN3/c1-3-15-35(16-4-1)52-59-53(36-17-5-2-6-18-36)61-54(60-52)38-26-28-51-45(32-38)55(42-21-9-7-19-40(42)41-20-8-10-22-43(41)55)44-31-37(25-27-50(44)62-51)39-33-48(46-23-11-13-29-56-46)58-49(34-39)47-24-12-14-30-57-47;1-44(2)45(3,4)53-47(52-44)31-20-22-43-37(28-31)46(34-15-7-5-13-32(34)33-14-6-8-16-35(33)46)36-25-29(19-21-42(36)51-43)30-26-40(38-17-9-11-23-48-38)50-41(27-30)39-18-10-12-24-49-39;16-15-18-13(11-7-3-1-4-8-11)17-14(19-15)12-9-5-2-6-10-12/h1-34H;5-28H,1-4H3;1-10H. The summed E-state index contributed by atoms with van der Waals surface area (Å²) >= 11 is 5.99. The van der Waals surface area contributed by atoms with Crippen molar-refractivity contribution < 1.29 is 18.8 Å². The van der Waals surface area contributed by atoms with Crippen LogP contribution in [-0.4, -0.2) is 78.1 Å². The molecule has 638 valence electrons. The summed E-state index contributed by atoms with van der Waals surface area (Å²) in [4.78, 5) is 56.9. The minimum atomic E-state index is -0.750. The minimum Gasteiger partial charge on any atom is -0.457 e. The van der Waals surface area contributed by atoms with E-state index in [1.165, 1.54) is 44.5 Å². The maximum absolute atomic E-state index is 6.96. The average molecular weight is 1750 g/mol. The Morgan fingerprint density at radius 1 is 0.216 bits per heavy atom. The quantitative estimate of drug-likeness (QED) is 0.105. The maximum Gasteiger partial charge on any atom is 0.494 e. The van der Waals surface area contributed by atoms with Gasteiger partial charge in [0.05, 0.1) is 67.6 Å². The normalized spacial score (nSPS) is 14.0. The van der Waals surface area contributed by atoms with Gasteiger partial charge in [-0.1, -0.05) is 267 Å². The van der Waals surface area contributed by atoms with Crippen molar-refractivity contribution in [3.63, 3.8) is 0 Å². The maximum atomic E-state index is 6.96. The molecule has 2 aliphatic carbocycles. The Morgan fingerprint density at radius 3 is 0.806 bits per heavy atom. The predicted molar refractivity (Wildman–Crippen MR) is 528 cm³/mol. The zero-order valence-corrected chi connectivity index (χ0v) is 74.0. The Kier molecular flexibility index (Phi) is 20.6. The first-order chi connectivity index (χ1) is 65.8. The van der Waals surface area contributed by atoms with Crippen LogP contribution in [0.2, 0.25) is 5.28 Å². The van der Waals surface area contributed by atoms with E-state index in [1.54, 1.807) is 24.8 Å². The molecule has 5 aliphatic rings. The molecule has 8 aromatic heterocycles. The van der Waals surface area contributed by atoms with Gasteiger partial charge in [-0.2, -0.15) is 9.97 Å². The number of benzene rings is 12. The highest BCUT2D eigenvalue weighted by Crippen LogP contribution is 2.65. The second kappa shape index (κ2) is 33.7. The van der Waals surface area contributed by atoms with E-state index in [2.05, 4.69) is 257 Å². The summed E-state index contributed by atoms with van der Waals surface area (Å²) in [5.74, 6) is 6.17. The summed E-state index contributed by atoms with van der Waals surface area (Å²) in [7, 11) is -0.520. The van der Waals surface area contributed by atoms with Gasteiger partial charge < -0.3 is 18.8 Å². The summed E-state index contributed by atoms with van der Waals surface area (Å²) < 4.78 is 27.0. The van der Waals surface area contributed by atoms with Crippen LogP contribution in [0, 0.1) is 0 Å². The monoisotopic (exact) mass is 1750 g/mol. The van der Waals surface area contributed by atoms with E-state index in [4.69, 9.17) is 55.3 Å². The van der Waals surface area contributed by atoms with Gasteiger partial charge in [0.15, 0.2) is 29.1 Å². The number of ether oxygens (including phenoxy) is 2. The molecule has 25 rings (SSSR count). The third-order valence-corrected chi connectivity index (χ3v) is 26.3. The van der Waals surface area contributed by atoms with Gasteiger partial charge >= 0.3 is 7.12 Å². The summed E-state index contributed by atoms with van der Waals surface area (Å²) in [5.41, 5.74) is 27.2. The second-order valence-electron chi connectivity index (χ2n) is 34.5. The van der Waals surface area contributed by atoms with Crippen LogP contribution in [0.25, 0.3) is 147 Å². The van der Waals surface area contributed by atoms with E-state index >= 15 is 0 Å². The van der Waals surface area contributed by atoms with Crippen molar-refractivity contribution in [2.75, 3.05) is 0 Å². The number of fused-ring (bicyclic) bond motifs is 18. The lowest BCUT2D eigenvalue weighted by Crippen LogP contribution is -2.41. The molecule has 20 aromatic rings. The lowest BCUT2D eigenvalue weighted by molar-refractivity contribution is 0.00578. The highest BCUT2D eigenvalue weighted by atomic mass is 35.5. The van der Waals surface area contributed by atoms with Crippen molar-refractivity contribution in [2.45, 2.75) is 49.7 Å². The molecule has 2 spiro atoms. The third-order valence-electron chi connectivity index (χ3n) is 26.1. The van der Waals surface area contributed by atoms with Crippen molar-refractivity contribution in [3.05, 3.63) is 463 Å². The van der Waals surface area contributed by atoms with E-state index in [1.807, 2.05) is 194 Å². The van der Waals surface area contributed by atoms with Gasteiger partial charge in [0.2, 0.25) is 5.28 Å². The molecule has 0 radical (unpaired) electrons. The summed E-state index contributed by atoms with van der Waals surface area (Å²) in [6.45, 7) is 8.37. The Morgan fingerprint density at radius 2 is 0.485 bits per heavy atom. The molecule has 1 saturated heterocycles. The van der Waals surface area contributed by atoms with Crippen LogP contribution >= 0.6 is 11.6 Å². The van der Waals surface area contributed by atoms with Gasteiger partial charge in [-0.25, -0.2) is 29.9 Å². The molecule has 0 amide bonds. The number of pyridine rings is 6. The SMILES string of the molecule is CC1(C)OB(c2ccc3c(c2)C2(c4cc(-c5cc(-c6ccccn6)nc(-c6ccccn6)c5)ccc4O3)c3ccccc3-c3ccccc32)OC1(C)C.Clc1nc(-c2ccccc2)nc(-c2ccccc2)n1.c1ccc(-c2nc(-c3ccccc3)nc(-c3ccc4c(c3)C3(c5cc(-c6cc(-c7ccccn7)nc(-c7ccccn7)c6)ccc5O4)c4ccccc4-c4ccccc43)n2)cc1. The van der Waals surface area contributed by atoms with Crippen molar-refractivity contribution >= 4 is 24.2 Å². The van der Waals surface area contributed by atoms with Gasteiger partial charge in [-0.05, 0) is 233 Å². The summed E-state index contributed by atoms with van der Waals surface area (Å²) in [6, 6.07) is 133. The molecular formula is C116H80BClN12O4. The van der Waals surface area contributed by atoms with Crippen molar-refractivity contribution in [3.8, 4) is 170 Å². The van der Waals surface area contributed by atoms with Crippen molar-refractivity contribution in [1.29, 1.82) is 0 Å². The Balaban J connectivity index is 0.000000128. The molecule has 16 nitrogen and oxygen atoms in total. The van der Waals surface area contributed by atoms with Gasteiger partial charge in [0.1, 0.15) is 23.0 Å². The molecule has 0 unspecified atom stereocenters. The lowest BCUT2D eigenvalue weighted by Gasteiger charge is -2.40. The number of halogens is 1. The number of hydrogen-bond donors (Lipinski definition) is 0. The van der Waals surface area contributed by atoms with Gasteiger partial charge in [0, 0.05) is 74.9 Å². The van der Waals surface area contributed by atoms with Crippen LogP contribution in [0.5, 0.6) is 23.0 Å². The lowest BCUT2D eigenvalue weighted by atomic mass is 9.64. The zero-order valence-electron chi connectivity index (χ0n) is 73.2. The molecule has 12 aromatic carbocycles. The predicted octanol–water partition coefficient (Wildman–Crippen LogP) is 26.0. The Bertz CT molecular complexity index is 7400. The van der Waals surface area contributed by atoms with Crippen LogP contribution in [-0.2, 0) is 20.1 Å². The van der Waals surface area contributed by atoms with Gasteiger partial charge in [-0.15, -0.1) is 0 Å². The molecule has 0 bridgehead atoms. The topological polar surface area (TPSA) is 192 Å². The van der Waals surface area contributed by atoms with E-state index in [9.17, 15) is 0 Å². The highest BCUT2D eigenvalue weighted by molar-refractivity contribution is 6.62. The van der Waals surface area contributed by atoms with Crippen LogP contribution < -0.4 is 14.9 Å².